The molecule has 0 aromatic heterocycles. The zero-order valence-corrected chi connectivity index (χ0v) is 7.37. The van der Waals surface area contributed by atoms with Crippen LogP contribution in [0.5, 0.6) is 0 Å². The number of hydrogen-bond donors (Lipinski definition) is 0. The maximum atomic E-state index is 0. The summed E-state index contributed by atoms with van der Waals surface area (Å²) in [6.07, 6.45) is 0. The van der Waals surface area contributed by atoms with Gasteiger partial charge in [-0.15, -0.1) is 0 Å². The Morgan fingerprint density at radius 1 is 0.625 bits per heavy atom. The first-order valence-corrected chi connectivity index (χ1v) is 0. The monoisotopic (exact) mass is 192 g/mol. The second-order valence-corrected chi connectivity index (χ2v) is 0. The van der Waals surface area contributed by atoms with Crippen LogP contribution in [-0.2, 0) is 0 Å². The molecule has 0 rings (SSSR count). The molecule has 0 radical (unpaired) electrons. The van der Waals surface area contributed by atoms with Gasteiger partial charge in [0.05, 0.1) is 0 Å². The van der Waals surface area contributed by atoms with Crippen LogP contribution in [0.2, 0.25) is 0 Å². The van der Waals surface area contributed by atoms with Gasteiger partial charge >= 0.3 is 37.7 Å². The first-order chi connectivity index (χ1) is 0. The van der Waals surface area contributed by atoms with E-state index in [9.17, 15) is 0 Å². The van der Waals surface area contributed by atoms with E-state index in [1.54, 1.807) is 0 Å². The zero-order chi connectivity index (χ0) is 0. The van der Waals surface area contributed by atoms with Crippen LogP contribution < -0.4 is 9.41 Å². The van der Waals surface area contributed by atoms with Gasteiger partial charge in [0.2, 0.25) is 0 Å². The van der Waals surface area contributed by atoms with Crippen LogP contribution in [0.25, 0.3) is 0 Å². The van der Waals surface area contributed by atoms with Crippen LogP contribution in [0.4, 0.5) is 14.1 Å². The molecule has 0 aliphatic rings. The van der Waals surface area contributed by atoms with E-state index in [1.807, 2.05) is 0 Å². The van der Waals surface area contributed by atoms with Gasteiger partial charge in [0.15, 0.2) is 0 Å². The molecule has 0 saturated carbocycles. The zero-order valence-electron chi connectivity index (χ0n) is 3.75. The smallest absolute Gasteiger partial charge is 1.00 e. The maximum Gasteiger partial charge on any atom is 2.00 e. The van der Waals surface area contributed by atoms with Crippen LogP contribution >= 0.6 is 9.90 Å². The summed E-state index contributed by atoms with van der Waals surface area (Å²) in [6, 6.07) is 0. The summed E-state index contributed by atoms with van der Waals surface area (Å²) in [5, 5.41) is 0. The molecule has 56 valence electrons. The van der Waals surface area contributed by atoms with Crippen molar-refractivity contribution in [2.75, 3.05) is 0 Å². The van der Waals surface area contributed by atoms with Gasteiger partial charge in [0, 0.05) is 6.15 Å². The fourth-order valence-corrected chi connectivity index (χ4v) is 0. The SMILES string of the molecule is F.F.F.P.[Ca+2].[F-].[F-].[Ne]. The predicted octanol–water partition coefficient (Wildman–Crippen LogP) is -5.86. The van der Waals surface area contributed by atoms with E-state index in [1.165, 1.54) is 0 Å². The average Bonchev–Trinajstić information content (AvgIpc) is 0. The summed E-state index contributed by atoms with van der Waals surface area (Å²) in [4.78, 5) is 0. The Balaban J connectivity index is 0. The average molecular weight is 192 g/mol. The summed E-state index contributed by atoms with van der Waals surface area (Å²) in [5.74, 6) is 0. The van der Waals surface area contributed by atoms with E-state index in [0.717, 1.165) is 0 Å². The molecule has 1 unspecified atom stereocenters. The van der Waals surface area contributed by atoms with Crippen molar-refractivity contribution < 1.29 is 29.7 Å². The van der Waals surface area contributed by atoms with E-state index < -0.39 is 0 Å². The minimum atomic E-state index is 0. The van der Waals surface area contributed by atoms with Crippen molar-refractivity contribution in [2.24, 2.45) is 0 Å². The fraction of sp³-hybridized carbons (Fsp3) is 0. The Kier molecular flexibility index (Phi) is 14000. The summed E-state index contributed by atoms with van der Waals surface area (Å²) < 4.78 is 0. The van der Waals surface area contributed by atoms with Gasteiger partial charge in [-0.1, -0.05) is 0 Å². The third kappa shape index (κ3) is 181. The minimum absolute atomic E-state index is 0. The second kappa shape index (κ2) is 278. The number of halogens is 5. The standard InChI is InChI=1S/Ca.5FH.Ne.H3P/h;5*1H;;1H3/q+2;;;;;;;/p-2. The van der Waals surface area contributed by atoms with Crippen LogP contribution in [-0.4, -0.2) is 37.7 Å². The summed E-state index contributed by atoms with van der Waals surface area (Å²) in [5.41, 5.74) is 0. The second-order valence-electron chi connectivity index (χ2n) is 0. The van der Waals surface area contributed by atoms with Crippen molar-refractivity contribution in [3.05, 3.63) is 0 Å². The Morgan fingerprint density at radius 3 is 0.625 bits per heavy atom. The molecule has 0 fully saturated rings. The molecule has 0 saturated heterocycles. The topological polar surface area (TPSA) is 0 Å². The van der Waals surface area contributed by atoms with Crippen molar-refractivity contribution in [3.63, 3.8) is 0 Å². The first kappa shape index (κ1) is 404. The number of hydrogen-bond acceptors (Lipinski definition) is 0. The molecule has 0 heterocycles. The molecule has 0 aromatic rings. The molecular formula is H6CaF5NeP. The van der Waals surface area contributed by atoms with Crippen molar-refractivity contribution in [1.29, 1.82) is 0 Å². The van der Waals surface area contributed by atoms with E-state index in [2.05, 4.69) is 0 Å². The maximum absolute atomic E-state index is 0. The van der Waals surface area contributed by atoms with Crippen molar-refractivity contribution in [3.8, 4) is 0 Å². The Bertz CT molecular complexity index is 12.4. The molecule has 0 nitrogen and oxygen atoms in total. The molecular weight excluding hydrogens is 186 g/mol. The molecule has 8 heteroatoms. The molecule has 0 aromatic carbocycles. The van der Waals surface area contributed by atoms with Gasteiger partial charge < -0.3 is 9.41 Å². The van der Waals surface area contributed by atoms with E-state index >= 15 is 0 Å². The Hall–Kier alpha value is 1.25. The fourth-order valence-electron chi connectivity index (χ4n) is 0. The molecule has 0 N–H and O–H groups in total. The van der Waals surface area contributed by atoms with Crippen molar-refractivity contribution in [1.82, 2.24) is 0 Å². The van der Waals surface area contributed by atoms with E-state index in [4.69, 9.17) is 0 Å². The van der Waals surface area contributed by atoms with Crippen LogP contribution in [0, 0.1) is 6.15 Å². The molecule has 8 heavy (non-hydrogen) atoms. The van der Waals surface area contributed by atoms with Gasteiger partial charge in [-0.3, -0.25) is 14.1 Å². The van der Waals surface area contributed by atoms with Gasteiger partial charge in [-0.05, 0) is 0 Å². The van der Waals surface area contributed by atoms with E-state index in [0.29, 0.717) is 0 Å². The molecule has 0 amide bonds. The van der Waals surface area contributed by atoms with Crippen molar-refractivity contribution in [2.45, 2.75) is 0 Å². The summed E-state index contributed by atoms with van der Waals surface area (Å²) in [7, 11) is 0. The third-order valence-electron chi connectivity index (χ3n) is 0. The Morgan fingerprint density at radius 2 is 0.625 bits per heavy atom. The van der Waals surface area contributed by atoms with E-state index in [-0.39, 0.29) is 77.3 Å². The van der Waals surface area contributed by atoms with Crippen LogP contribution in [0.1, 0.15) is 0 Å². The predicted molar refractivity (Wildman–Crippen MR) is 24.4 cm³/mol. The van der Waals surface area contributed by atoms with Gasteiger partial charge in [-0.25, -0.2) is 0 Å². The summed E-state index contributed by atoms with van der Waals surface area (Å²) >= 11 is 0. The van der Waals surface area contributed by atoms with Gasteiger partial charge in [0.25, 0.3) is 0 Å². The normalized spacial score (nSPS) is 0. The molecule has 0 bridgehead atoms. The van der Waals surface area contributed by atoms with Crippen LogP contribution in [0.3, 0.4) is 0 Å². The summed E-state index contributed by atoms with van der Waals surface area (Å²) in [6.45, 7) is 0. The molecule has 1 atom stereocenters. The quantitative estimate of drug-likeness (QED) is 0.204. The first-order valence-electron chi connectivity index (χ1n) is 0. The number of rotatable bonds is 0. The molecule has 0 spiro atoms. The van der Waals surface area contributed by atoms with Crippen LogP contribution in [0.15, 0.2) is 0 Å². The third-order valence-corrected chi connectivity index (χ3v) is 0. The van der Waals surface area contributed by atoms with Crippen molar-refractivity contribution >= 4 is 47.6 Å². The minimum Gasteiger partial charge on any atom is -1.00 e. The molecule has 0 aliphatic carbocycles. The molecule has 0 aliphatic heterocycles. The van der Waals surface area contributed by atoms with Gasteiger partial charge in [-0.2, -0.15) is 9.90 Å². The van der Waals surface area contributed by atoms with Gasteiger partial charge in [0.1, 0.15) is 0 Å². The largest absolute Gasteiger partial charge is 2.00 e. The Labute approximate surface area is 77.0 Å².